The molecule has 0 aliphatic heterocycles. The third-order valence-electron chi connectivity index (χ3n) is 2.55. The quantitative estimate of drug-likeness (QED) is 0.846. The van der Waals surface area contributed by atoms with Gasteiger partial charge in [0.25, 0.3) is 0 Å². The van der Waals surface area contributed by atoms with E-state index in [2.05, 4.69) is 26.1 Å². The summed E-state index contributed by atoms with van der Waals surface area (Å²) in [6.45, 7) is 6.74. The van der Waals surface area contributed by atoms with Gasteiger partial charge >= 0.3 is 5.97 Å². The Hall–Kier alpha value is -1.49. The molecule has 0 bridgehead atoms. The van der Waals surface area contributed by atoms with Crippen LogP contribution in [-0.2, 0) is 11.2 Å². The van der Waals surface area contributed by atoms with Gasteiger partial charge in [-0.2, -0.15) is 0 Å². The van der Waals surface area contributed by atoms with Gasteiger partial charge in [-0.3, -0.25) is 4.79 Å². The summed E-state index contributed by atoms with van der Waals surface area (Å²) in [6.07, 6.45) is 0.632. The lowest BCUT2D eigenvalue weighted by Gasteiger charge is -2.16. The fourth-order valence-electron chi connectivity index (χ4n) is 1.54. The van der Waals surface area contributed by atoms with Crippen LogP contribution in [0.4, 0.5) is 0 Å². The molecule has 0 heterocycles. The Labute approximate surface area is 124 Å². The molecule has 0 aliphatic carbocycles. The number of hydrogen-bond acceptors (Lipinski definition) is 3. The van der Waals surface area contributed by atoms with Crippen molar-refractivity contribution in [2.75, 3.05) is 12.3 Å². The zero-order valence-corrected chi connectivity index (χ0v) is 12.9. The first-order valence-electron chi connectivity index (χ1n) is 6.51. The van der Waals surface area contributed by atoms with Crippen molar-refractivity contribution in [1.29, 1.82) is 0 Å². The van der Waals surface area contributed by atoms with Gasteiger partial charge in [0.15, 0.2) is 0 Å². The summed E-state index contributed by atoms with van der Waals surface area (Å²) in [4.78, 5) is 22.5. The van der Waals surface area contributed by atoms with Gasteiger partial charge in [0.05, 0.1) is 11.3 Å². The molecule has 2 N–H and O–H groups in total. The lowest BCUT2D eigenvalue weighted by molar-refractivity contribution is -0.118. The molecule has 0 unspecified atom stereocenters. The monoisotopic (exact) mass is 295 g/mol. The van der Waals surface area contributed by atoms with Crippen LogP contribution < -0.4 is 5.32 Å². The Balaban J connectivity index is 2.35. The maximum atomic E-state index is 11.6. The average molecular weight is 295 g/mol. The van der Waals surface area contributed by atoms with Crippen molar-refractivity contribution in [2.45, 2.75) is 31.9 Å². The second-order valence-electron chi connectivity index (χ2n) is 5.51. The van der Waals surface area contributed by atoms with E-state index >= 15 is 0 Å². The van der Waals surface area contributed by atoms with Gasteiger partial charge in [0, 0.05) is 11.3 Å². The number of rotatable bonds is 6. The van der Waals surface area contributed by atoms with E-state index in [9.17, 15) is 9.59 Å². The highest BCUT2D eigenvalue weighted by Gasteiger charge is 2.13. The van der Waals surface area contributed by atoms with Crippen LogP contribution in [-0.4, -0.2) is 34.0 Å². The van der Waals surface area contributed by atoms with Crippen LogP contribution in [0, 0.1) is 0 Å². The Morgan fingerprint density at radius 1 is 1.30 bits per heavy atom. The first-order chi connectivity index (χ1) is 9.28. The summed E-state index contributed by atoms with van der Waals surface area (Å²) < 4.78 is 0.0765. The fourth-order valence-corrected chi connectivity index (χ4v) is 2.21. The largest absolute Gasteiger partial charge is 0.478 e. The molecule has 1 aromatic rings. The molecule has 0 aromatic heterocycles. The summed E-state index contributed by atoms with van der Waals surface area (Å²) in [5.74, 6) is -0.477. The van der Waals surface area contributed by atoms with Crippen molar-refractivity contribution in [3.63, 3.8) is 0 Å². The van der Waals surface area contributed by atoms with E-state index in [4.69, 9.17) is 5.11 Å². The number of hydrogen-bond donors (Lipinski definition) is 2. The van der Waals surface area contributed by atoms with E-state index in [0.717, 1.165) is 5.56 Å². The molecule has 0 atom stereocenters. The lowest BCUT2D eigenvalue weighted by Crippen LogP contribution is -2.28. The molecule has 110 valence electrons. The van der Waals surface area contributed by atoms with E-state index < -0.39 is 5.97 Å². The number of carbonyl (C=O) groups is 2. The molecular formula is C15H21NO3S. The van der Waals surface area contributed by atoms with Crippen LogP contribution in [0.25, 0.3) is 0 Å². The average Bonchev–Trinajstić information content (AvgIpc) is 2.36. The predicted octanol–water partition coefficient (Wildman–Crippen LogP) is 2.58. The molecular weight excluding hydrogens is 274 g/mol. The van der Waals surface area contributed by atoms with Gasteiger partial charge in [0.2, 0.25) is 5.91 Å². The number of benzene rings is 1. The summed E-state index contributed by atoms with van der Waals surface area (Å²) in [6, 6.07) is 6.78. The Morgan fingerprint density at radius 3 is 2.60 bits per heavy atom. The number of carboxylic acid groups (broad SMARTS) is 1. The van der Waals surface area contributed by atoms with E-state index in [1.165, 1.54) is 0 Å². The molecule has 5 heteroatoms. The van der Waals surface area contributed by atoms with E-state index in [1.54, 1.807) is 30.0 Å². The first-order valence-corrected chi connectivity index (χ1v) is 7.49. The highest BCUT2D eigenvalue weighted by molar-refractivity contribution is 8.01. The van der Waals surface area contributed by atoms with Gasteiger partial charge in [-0.25, -0.2) is 4.79 Å². The minimum Gasteiger partial charge on any atom is -0.478 e. The first kappa shape index (κ1) is 16.6. The highest BCUT2D eigenvalue weighted by Crippen LogP contribution is 2.22. The van der Waals surface area contributed by atoms with Crippen molar-refractivity contribution in [2.24, 2.45) is 0 Å². The molecule has 0 aliphatic rings. The Morgan fingerprint density at radius 2 is 2.00 bits per heavy atom. The normalized spacial score (nSPS) is 11.2. The van der Waals surface area contributed by atoms with Crippen molar-refractivity contribution >= 4 is 23.6 Å². The van der Waals surface area contributed by atoms with Gasteiger partial charge < -0.3 is 10.4 Å². The van der Waals surface area contributed by atoms with E-state index in [-0.39, 0.29) is 16.2 Å². The number of aromatic carboxylic acids is 1. The van der Waals surface area contributed by atoms with Gasteiger partial charge in [-0.05, 0) is 24.1 Å². The van der Waals surface area contributed by atoms with Crippen molar-refractivity contribution in [3.05, 3.63) is 35.4 Å². The number of carboxylic acids is 1. The second kappa shape index (κ2) is 7.33. The molecule has 0 saturated carbocycles. The molecule has 1 amide bonds. The van der Waals surface area contributed by atoms with Gasteiger partial charge in [0.1, 0.15) is 0 Å². The predicted molar refractivity (Wildman–Crippen MR) is 82.3 cm³/mol. The van der Waals surface area contributed by atoms with Crippen molar-refractivity contribution < 1.29 is 14.7 Å². The maximum Gasteiger partial charge on any atom is 0.335 e. The number of amides is 1. The summed E-state index contributed by atoms with van der Waals surface area (Å²) in [5.41, 5.74) is 1.19. The topological polar surface area (TPSA) is 66.4 Å². The van der Waals surface area contributed by atoms with Crippen molar-refractivity contribution in [1.82, 2.24) is 5.32 Å². The molecule has 0 fully saturated rings. The molecule has 0 radical (unpaired) electrons. The van der Waals surface area contributed by atoms with Crippen molar-refractivity contribution in [3.8, 4) is 0 Å². The zero-order valence-electron chi connectivity index (χ0n) is 12.1. The van der Waals surface area contributed by atoms with Crippen LogP contribution in [0.3, 0.4) is 0 Å². The second-order valence-corrected chi connectivity index (χ2v) is 7.31. The Kier molecular flexibility index (Phi) is 6.07. The maximum absolute atomic E-state index is 11.6. The van der Waals surface area contributed by atoms with E-state index in [1.807, 2.05) is 6.07 Å². The summed E-state index contributed by atoms with van der Waals surface area (Å²) >= 11 is 1.60. The van der Waals surface area contributed by atoms with E-state index in [0.29, 0.717) is 18.7 Å². The molecule has 1 rings (SSSR count). The standard InChI is InChI=1S/C15H21NO3S/c1-15(2,3)20-10-13(17)16-8-7-11-5-4-6-12(9-11)14(18)19/h4-6,9H,7-8,10H2,1-3H3,(H,16,17)(H,18,19). The van der Waals surface area contributed by atoms with Gasteiger partial charge in [-0.1, -0.05) is 32.9 Å². The summed E-state index contributed by atoms with van der Waals surface area (Å²) in [5, 5.41) is 11.7. The third-order valence-corrected chi connectivity index (χ3v) is 3.82. The molecule has 0 saturated heterocycles. The SMILES string of the molecule is CC(C)(C)SCC(=O)NCCc1cccc(C(=O)O)c1. The van der Waals surface area contributed by atoms with Crippen LogP contribution in [0.15, 0.2) is 24.3 Å². The molecule has 0 spiro atoms. The van der Waals surface area contributed by atoms with Crippen LogP contribution in [0.2, 0.25) is 0 Å². The molecule has 20 heavy (non-hydrogen) atoms. The third kappa shape index (κ3) is 6.61. The Bertz CT molecular complexity index is 480. The minimum absolute atomic E-state index is 0.0133. The summed E-state index contributed by atoms with van der Waals surface area (Å²) in [7, 11) is 0. The zero-order chi connectivity index (χ0) is 15.2. The van der Waals surface area contributed by atoms with Crippen LogP contribution in [0.1, 0.15) is 36.7 Å². The minimum atomic E-state index is -0.933. The van der Waals surface area contributed by atoms with Crippen LogP contribution >= 0.6 is 11.8 Å². The molecule has 1 aromatic carbocycles. The highest BCUT2D eigenvalue weighted by atomic mass is 32.2. The fraction of sp³-hybridized carbons (Fsp3) is 0.467. The number of thioether (sulfide) groups is 1. The van der Waals surface area contributed by atoms with Crippen LogP contribution in [0.5, 0.6) is 0 Å². The molecule has 4 nitrogen and oxygen atoms in total. The number of carbonyl (C=O) groups excluding carboxylic acids is 1. The lowest BCUT2D eigenvalue weighted by atomic mass is 10.1. The number of nitrogens with one attached hydrogen (secondary N) is 1. The van der Waals surface area contributed by atoms with Gasteiger partial charge in [-0.15, -0.1) is 11.8 Å². The smallest absolute Gasteiger partial charge is 0.335 e.